The van der Waals surface area contributed by atoms with Crippen molar-refractivity contribution in [2.24, 2.45) is 0 Å². The molecule has 0 bridgehead atoms. The summed E-state index contributed by atoms with van der Waals surface area (Å²) in [5, 5.41) is 10.5. The van der Waals surface area contributed by atoms with Gasteiger partial charge in [0.25, 0.3) is 0 Å². The first-order chi connectivity index (χ1) is 29.7. The molecular formula is C56H44Au2O2P2+2. The number of hydrogen-bond donors (Lipinski definition) is 0. The van der Waals surface area contributed by atoms with Crippen LogP contribution in [0.3, 0.4) is 0 Å². The van der Waals surface area contributed by atoms with Gasteiger partial charge in [-0.1, -0.05) is 133 Å². The van der Waals surface area contributed by atoms with Crippen molar-refractivity contribution in [2.75, 3.05) is 12.3 Å². The van der Waals surface area contributed by atoms with Crippen molar-refractivity contribution in [3.63, 3.8) is 0 Å². The Kier molecular flexibility index (Phi) is 17.4. The van der Waals surface area contributed by atoms with E-state index in [-0.39, 0.29) is 44.8 Å². The smallest absolute Gasteiger partial charge is 0.458 e. The van der Waals surface area contributed by atoms with Gasteiger partial charge in [-0.05, 0) is 73.5 Å². The summed E-state index contributed by atoms with van der Waals surface area (Å²) in [6.07, 6.45) is 19.3. The third-order valence-electron chi connectivity index (χ3n) is 10.6. The molecule has 62 heavy (non-hydrogen) atoms. The topological polar surface area (TPSA) is 26.3 Å². The molecule has 2 heterocycles. The molecule has 0 saturated heterocycles. The van der Waals surface area contributed by atoms with Crippen LogP contribution in [0.4, 0.5) is 0 Å². The Morgan fingerprint density at radius 1 is 0.339 bits per heavy atom. The first-order valence-corrected chi connectivity index (χ1v) is 23.7. The summed E-state index contributed by atoms with van der Waals surface area (Å²) in [6, 6.07) is 71.8. The molecule has 0 atom stereocenters. The zero-order chi connectivity index (χ0) is 40.9. The molecule has 0 unspecified atom stereocenters. The van der Waals surface area contributed by atoms with E-state index >= 15 is 0 Å². The summed E-state index contributed by atoms with van der Waals surface area (Å²) in [5.41, 5.74) is 4.87. The van der Waals surface area contributed by atoms with Crippen LogP contribution in [0.5, 0.6) is 0 Å². The Morgan fingerprint density at radius 3 is 0.952 bits per heavy atom. The zero-order valence-electron chi connectivity index (χ0n) is 33.9. The number of para-hydroxylation sites is 2. The molecule has 0 saturated carbocycles. The molecule has 310 valence electrons. The van der Waals surface area contributed by atoms with E-state index in [0.717, 1.165) is 55.0 Å². The molecule has 6 heteroatoms. The SMILES string of the molecule is [Au+].[Au+].[C-]#Cc1ccc2c(c1)oc1ccccc12.[C-]#Cc1ccc2c(c1)oc1ccccc12.c1ccc([PH+](CCCC[PH+](c2ccccc2)c2ccccc2)c2ccccc2)cc1. The van der Waals surface area contributed by atoms with Crippen molar-refractivity contribution in [1.29, 1.82) is 0 Å². The van der Waals surface area contributed by atoms with Crippen molar-refractivity contribution in [3.05, 3.63) is 230 Å². The molecule has 2 aromatic heterocycles. The number of rotatable bonds is 9. The minimum Gasteiger partial charge on any atom is -0.458 e. The molecular weight excluding hydrogens is 1160 g/mol. The fraction of sp³-hybridized carbons (Fsp3) is 0.0714. The summed E-state index contributed by atoms with van der Waals surface area (Å²) in [4.78, 5) is 0. The summed E-state index contributed by atoms with van der Waals surface area (Å²) < 4.78 is 11.3. The molecule has 0 fully saturated rings. The summed E-state index contributed by atoms with van der Waals surface area (Å²) in [6.45, 7) is 0. The van der Waals surface area contributed by atoms with E-state index in [1.165, 1.54) is 46.4 Å². The minimum atomic E-state index is -0.714. The van der Waals surface area contributed by atoms with E-state index < -0.39 is 15.8 Å². The predicted octanol–water partition coefficient (Wildman–Crippen LogP) is 12.5. The van der Waals surface area contributed by atoms with Gasteiger partial charge < -0.3 is 21.7 Å². The maximum atomic E-state index is 7.06. The number of benzene rings is 8. The van der Waals surface area contributed by atoms with Gasteiger partial charge in [-0.15, -0.1) is 23.3 Å². The summed E-state index contributed by atoms with van der Waals surface area (Å²) in [7, 11) is -1.43. The molecule has 0 aliphatic rings. The second kappa shape index (κ2) is 23.3. The number of hydrogen-bond acceptors (Lipinski definition) is 2. The van der Waals surface area contributed by atoms with Gasteiger partial charge >= 0.3 is 44.8 Å². The Balaban J connectivity index is 0.000000168. The van der Waals surface area contributed by atoms with Crippen LogP contribution < -0.4 is 21.2 Å². The second-order valence-electron chi connectivity index (χ2n) is 14.5. The normalized spacial score (nSPS) is 10.5. The molecule has 8 aromatic carbocycles. The minimum absolute atomic E-state index is 0. The Bertz CT molecular complexity index is 2740. The van der Waals surface area contributed by atoms with Gasteiger partial charge in [0.2, 0.25) is 0 Å². The van der Waals surface area contributed by atoms with Crippen molar-refractivity contribution in [2.45, 2.75) is 12.8 Å². The molecule has 0 N–H and O–H groups in total. The average Bonchev–Trinajstić information content (AvgIpc) is 3.89. The fourth-order valence-electron chi connectivity index (χ4n) is 7.68. The predicted molar refractivity (Wildman–Crippen MR) is 260 cm³/mol. The van der Waals surface area contributed by atoms with Crippen molar-refractivity contribution >= 4 is 80.9 Å². The van der Waals surface area contributed by atoms with Gasteiger partial charge in [-0.3, -0.25) is 11.8 Å². The van der Waals surface area contributed by atoms with E-state index in [9.17, 15) is 0 Å². The van der Waals surface area contributed by atoms with E-state index in [1.807, 2.05) is 84.9 Å². The number of furan rings is 2. The van der Waals surface area contributed by atoms with Gasteiger partial charge in [0.15, 0.2) is 0 Å². The largest absolute Gasteiger partial charge is 1.00 e. The first kappa shape index (κ1) is 46.3. The van der Waals surface area contributed by atoms with E-state index in [1.54, 1.807) is 0 Å². The Labute approximate surface area is 398 Å². The quantitative estimate of drug-likeness (QED) is 0.0473. The van der Waals surface area contributed by atoms with Crippen LogP contribution in [0.25, 0.3) is 43.9 Å². The molecule has 0 aliphatic heterocycles. The molecule has 2 nitrogen and oxygen atoms in total. The van der Waals surface area contributed by atoms with Crippen molar-refractivity contribution in [1.82, 2.24) is 0 Å². The molecule has 10 aromatic rings. The van der Waals surface area contributed by atoms with E-state index in [0.29, 0.717) is 0 Å². The van der Waals surface area contributed by atoms with Crippen LogP contribution in [-0.4, -0.2) is 12.3 Å². The second-order valence-corrected chi connectivity index (χ2v) is 19.7. The number of fused-ring (bicyclic) bond motifs is 6. The Hall–Kier alpha value is -5.18. The first-order valence-electron chi connectivity index (χ1n) is 20.3. The van der Waals surface area contributed by atoms with Gasteiger partial charge in [-0.2, -0.15) is 0 Å². The fourth-order valence-corrected chi connectivity index (χ4v) is 13.1. The van der Waals surface area contributed by atoms with Crippen molar-refractivity contribution < 1.29 is 53.6 Å². The van der Waals surface area contributed by atoms with Crippen LogP contribution >= 0.6 is 15.8 Å². The zero-order valence-corrected chi connectivity index (χ0v) is 40.2. The number of unbranched alkanes of at least 4 members (excludes halogenated alkanes) is 1. The third kappa shape index (κ3) is 11.4. The van der Waals surface area contributed by atoms with E-state index in [4.69, 9.17) is 21.7 Å². The van der Waals surface area contributed by atoms with Gasteiger partial charge in [-0.25, -0.2) is 0 Å². The van der Waals surface area contributed by atoms with E-state index in [2.05, 4.69) is 133 Å². The van der Waals surface area contributed by atoms with Crippen LogP contribution in [0.2, 0.25) is 0 Å². The maximum Gasteiger partial charge on any atom is 1.00 e. The molecule has 10 rings (SSSR count). The summed E-state index contributed by atoms with van der Waals surface area (Å²) in [5.74, 6) is 4.71. The van der Waals surface area contributed by atoms with Crippen LogP contribution in [0.15, 0.2) is 215 Å². The van der Waals surface area contributed by atoms with Crippen LogP contribution in [0.1, 0.15) is 24.0 Å². The standard InChI is InChI=1S/C28H28P2.2C14H7O.2Au/c1-5-15-25(16-6-1)29(26-17-7-2-8-18-26)23-13-14-24-30(27-19-9-3-10-20-27)28-21-11-4-12-22-28;2*1-2-10-7-8-12-11-5-3-4-6-13(11)15-14(12)9-10;;/h1-12,15-22H,13-14,23-24H2;2*3-9H;;/q;2*-1;2*+1/p+2. The molecule has 0 amide bonds. The van der Waals surface area contributed by atoms with Crippen molar-refractivity contribution in [3.8, 4) is 11.8 Å². The van der Waals surface area contributed by atoms with Crippen LogP contribution in [0, 0.1) is 24.7 Å². The Morgan fingerprint density at radius 2 is 0.629 bits per heavy atom. The van der Waals surface area contributed by atoms with Crippen LogP contribution in [-0.2, 0) is 44.8 Å². The monoisotopic (exact) mass is 1200 g/mol. The van der Waals surface area contributed by atoms with Gasteiger partial charge in [0, 0.05) is 21.5 Å². The molecule has 0 aliphatic carbocycles. The average molecular weight is 1200 g/mol. The molecule has 0 spiro atoms. The molecule has 0 radical (unpaired) electrons. The summed E-state index contributed by atoms with van der Waals surface area (Å²) >= 11 is 0. The third-order valence-corrected chi connectivity index (χ3v) is 16.5. The van der Waals surface area contributed by atoms with Gasteiger partial charge in [0.05, 0.1) is 49.4 Å². The van der Waals surface area contributed by atoms with Gasteiger partial charge in [0.1, 0.15) is 22.3 Å². The maximum absolute atomic E-state index is 7.06.